The maximum absolute atomic E-state index is 12.9. The van der Waals surface area contributed by atoms with Crippen LogP contribution in [-0.4, -0.2) is 60.6 Å². The number of benzene rings is 2. The van der Waals surface area contributed by atoms with E-state index in [1.165, 1.54) is 14.2 Å². The fourth-order valence-corrected chi connectivity index (χ4v) is 6.39. The van der Waals surface area contributed by atoms with Gasteiger partial charge in [0.15, 0.2) is 11.2 Å². The van der Waals surface area contributed by atoms with E-state index in [1.54, 1.807) is 30.3 Å². The third-order valence-electron chi connectivity index (χ3n) is 7.99. The Hall–Kier alpha value is -4.33. The summed E-state index contributed by atoms with van der Waals surface area (Å²) < 4.78 is 17.8. The van der Waals surface area contributed by atoms with Crippen LogP contribution in [0, 0.1) is 17.2 Å². The Balaban J connectivity index is 1.80. The quantitative estimate of drug-likeness (QED) is 0.232. The zero-order valence-electron chi connectivity index (χ0n) is 22.4. The molecule has 2 heterocycles. The van der Waals surface area contributed by atoms with Crippen LogP contribution < -0.4 is 14.2 Å². The lowest BCUT2D eigenvalue weighted by Gasteiger charge is -2.41. The van der Waals surface area contributed by atoms with Crippen LogP contribution in [0.2, 0.25) is 0 Å². The maximum atomic E-state index is 12.9. The molecule has 0 spiro atoms. The minimum Gasteiger partial charge on any atom is -0.481 e. The predicted octanol–water partition coefficient (Wildman–Crippen LogP) is 4.14. The van der Waals surface area contributed by atoms with Crippen LogP contribution in [-0.2, 0) is 11.2 Å². The number of methoxy groups -OCH3 is 2. The molecule has 2 aromatic carbocycles. The molecule has 5 rings (SSSR count). The molecule has 40 heavy (non-hydrogen) atoms. The van der Waals surface area contributed by atoms with Gasteiger partial charge in [0, 0.05) is 48.0 Å². The molecule has 1 fully saturated rings. The van der Waals surface area contributed by atoms with E-state index in [0.29, 0.717) is 30.8 Å². The van der Waals surface area contributed by atoms with Crippen molar-refractivity contribution in [3.05, 3.63) is 87.8 Å². The summed E-state index contributed by atoms with van der Waals surface area (Å²) in [5.74, 6) is -0.513. The van der Waals surface area contributed by atoms with Crippen LogP contribution in [0.4, 0.5) is 5.69 Å². The summed E-state index contributed by atoms with van der Waals surface area (Å²) in [6.45, 7) is 0.862. The summed E-state index contributed by atoms with van der Waals surface area (Å²) in [5, 5.41) is 37.9. The fraction of sp³-hybridized carbons (Fsp3) is 0.379. The number of aromatic nitrogens is 1. The third-order valence-corrected chi connectivity index (χ3v) is 7.99. The van der Waals surface area contributed by atoms with Crippen LogP contribution in [0.5, 0.6) is 17.5 Å². The van der Waals surface area contributed by atoms with Gasteiger partial charge in [0.1, 0.15) is 5.75 Å². The Morgan fingerprint density at radius 2 is 1.90 bits per heavy atom. The maximum Gasteiger partial charge on any atom is 0.226 e. The highest BCUT2D eigenvalue weighted by Gasteiger charge is 2.77. The molecule has 0 radical (unpaired) electrons. The van der Waals surface area contributed by atoms with Gasteiger partial charge in [-0.05, 0) is 23.7 Å². The first-order chi connectivity index (χ1) is 19.3. The number of fused-ring (bicyclic) bond motifs is 3. The summed E-state index contributed by atoms with van der Waals surface area (Å²) in [7, 11) is 4.79. The zero-order chi connectivity index (χ0) is 28.5. The second kappa shape index (κ2) is 10.7. The van der Waals surface area contributed by atoms with Gasteiger partial charge >= 0.3 is 0 Å². The Bertz CT molecular complexity index is 1470. The minimum atomic E-state index is -2.01. The van der Waals surface area contributed by atoms with Gasteiger partial charge in [-0.25, -0.2) is 0 Å². The zero-order valence-corrected chi connectivity index (χ0v) is 22.4. The normalized spacial score (nSPS) is 26.3. The van der Waals surface area contributed by atoms with E-state index in [4.69, 9.17) is 25.0 Å². The number of azide groups is 1. The van der Waals surface area contributed by atoms with Gasteiger partial charge < -0.3 is 29.3 Å². The minimum absolute atomic E-state index is 0.0776. The largest absolute Gasteiger partial charge is 0.481 e. The Morgan fingerprint density at radius 1 is 1.18 bits per heavy atom. The van der Waals surface area contributed by atoms with Crippen LogP contribution >= 0.6 is 0 Å². The molecule has 1 aromatic heterocycles. The van der Waals surface area contributed by atoms with Gasteiger partial charge in [0.05, 0.1) is 32.0 Å². The van der Waals surface area contributed by atoms with Crippen molar-refractivity contribution in [3.63, 3.8) is 0 Å². The molecule has 206 valence electrons. The van der Waals surface area contributed by atoms with E-state index >= 15 is 0 Å². The van der Waals surface area contributed by atoms with Crippen LogP contribution in [0.25, 0.3) is 10.4 Å². The number of rotatable bonds is 9. The van der Waals surface area contributed by atoms with E-state index in [-0.39, 0.29) is 23.1 Å². The number of nitriles is 1. The monoisotopic (exact) mass is 542 g/mol. The first-order valence-electron chi connectivity index (χ1n) is 12.8. The topological polar surface area (TPSA) is 157 Å². The van der Waals surface area contributed by atoms with E-state index in [0.717, 1.165) is 5.56 Å². The van der Waals surface area contributed by atoms with Crippen molar-refractivity contribution in [3.8, 4) is 23.6 Å². The van der Waals surface area contributed by atoms with E-state index in [1.807, 2.05) is 42.3 Å². The summed E-state index contributed by atoms with van der Waals surface area (Å²) in [5.41, 5.74) is 7.42. The number of hydrogen-bond acceptors (Lipinski definition) is 9. The highest BCUT2D eigenvalue weighted by molar-refractivity contribution is 5.60. The molecule has 1 aliphatic heterocycles. The SMILES string of the molecule is COc1cc2c(c(OC)n1)[C@]1(O)[C@H](O)[C@H](CN(C)CCC#N)[C@@H](c3ccccc3)[C@]1(c1ccc(N=[N+]=[N-])cc1)O2. The number of hydrogen-bond donors (Lipinski definition) is 2. The van der Waals surface area contributed by atoms with E-state index in [9.17, 15) is 10.2 Å². The smallest absolute Gasteiger partial charge is 0.226 e. The van der Waals surface area contributed by atoms with Gasteiger partial charge in [-0.15, -0.1) is 0 Å². The lowest BCUT2D eigenvalue weighted by atomic mass is 9.70. The number of aliphatic hydroxyl groups excluding tert-OH is 1. The number of nitrogens with zero attached hydrogens (tertiary/aromatic N) is 6. The second-order valence-electron chi connectivity index (χ2n) is 10.1. The van der Waals surface area contributed by atoms with Crippen LogP contribution in [0.15, 0.2) is 65.8 Å². The molecule has 11 nitrogen and oxygen atoms in total. The molecular formula is C29H30N6O5. The lowest BCUT2D eigenvalue weighted by Crippen LogP contribution is -2.52. The van der Waals surface area contributed by atoms with Crippen LogP contribution in [0.1, 0.15) is 29.0 Å². The summed E-state index contributed by atoms with van der Waals surface area (Å²) >= 11 is 0. The van der Waals surface area contributed by atoms with E-state index < -0.39 is 29.1 Å². The molecule has 3 aromatic rings. The molecule has 0 bridgehead atoms. The number of aliphatic hydroxyl groups is 2. The number of ether oxygens (including phenoxy) is 3. The van der Waals surface area contributed by atoms with Gasteiger partial charge in [-0.3, -0.25) is 0 Å². The van der Waals surface area contributed by atoms with Gasteiger partial charge in [0.25, 0.3) is 0 Å². The Labute approximate surface area is 231 Å². The Morgan fingerprint density at radius 3 is 2.52 bits per heavy atom. The van der Waals surface area contributed by atoms with Crippen molar-refractivity contribution >= 4 is 5.69 Å². The molecule has 1 saturated carbocycles. The van der Waals surface area contributed by atoms with Crippen molar-refractivity contribution in [1.29, 1.82) is 5.26 Å². The standard InChI is InChI=1S/C29H30N6O5/c1-35(15-7-14-30)17-21-24(18-8-5-4-6-9-18)29(19-10-12-20(13-11-19)33-34-31)28(37,26(21)36)25-22(40-29)16-23(38-2)32-27(25)39-3/h4-6,8-13,16,21,24,26,36-37H,7,15,17H2,1-3H3/t21-,24-,26-,28+,29+/m1/s1. The first-order valence-corrected chi connectivity index (χ1v) is 12.8. The highest BCUT2D eigenvalue weighted by atomic mass is 16.5. The molecule has 2 aliphatic rings. The molecule has 0 unspecified atom stereocenters. The second-order valence-corrected chi connectivity index (χ2v) is 10.1. The molecule has 2 N–H and O–H groups in total. The van der Waals surface area contributed by atoms with Crippen molar-refractivity contribution in [2.45, 2.75) is 29.6 Å². The fourth-order valence-electron chi connectivity index (χ4n) is 6.39. The van der Waals surface area contributed by atoms with Gasteiger partial charge in [0.2, 0.25) is 11.8 Å². The molecular weight excluding hydrogens is 512 g/mol. The molecule has 0 saturated heterocycles. The molecule has 5 atom stereocenters. The number of pyridine rings is 1. The van der Waals surface area contributed by atoms with Gasteiger partial charge in [-0.1, -0.05) is 59.7 Å². The average molecular weight is 543 g/mol. The molecule has 11 heteroatoms. The van der Waals surface area contributed by atoms with Crippen molar-refractivity contribution in [2.75, 3.05) is 34.4 Å². The molecule has 0 amide bonds. The van der Waals surface area contributed by atoms with Crippen LogP contribution in [0.3, 0.4) is 0 Å². The highest BCUT2D eigenvalue weighted by Crippen LogP contribution is 2.70. The summed E-state index contributed by atoms with van der Waals surface area (Å²) in [6, 6.07) is 20.1. The van der Waals surface area contributed by atoms with Gasteiger partial charge in [-0.2, -0.15) is 10.2 Å². The predicted molar refractivity (Wildman–Crippen MR) is 145 cm³/mol. The molecule has 1 aliphatic carbocycles. The summed E-state index contributed by atoms with van der Waals surface area (Å²) in [6.07, 6.45) is -1.01. The van der Waals surface area contributed by atoms with Crippen molar-refractivity contribution in [2.24, 2.45) is 11.0 Å². The van der Waals surface area contributed by atoms with Crippen molar-refractivity contribution < 1.29 is 24.4 Å². The average Bonchev–Trinajstić information content (AvgIpc) is 3.34. The van der Waals surface area contributed by atoms with Crippen molar-refractivity contribution in [1.82, 2.24) is 9.88 Å². The van der Waals surface area contributed by atoms with E-state index in [2.05, 4.69) is 21.1 Å². The first kappa shape index (κ1) is 27.2. The third kappa shape index (κ3) is 4.01. The summed E-state index contributed by atoms with van der Waals surface area (Å²) in [4.78, 5) is 9.25. The lowest BCUT2D eigenvalue weighted by molar-refractivity contribution is -0.152. The Kier molecular flexibility index (Phi) is 7.27.